The Balaban J connectivity index is -0.0000000896. The Morgan fingerprint density at radius 2 is 1.29 bits per heavy atom. The van der Waals surface area contributed by atoms with E-state index >= 15 is 0 Å². The maximum atomic E-state index is 9.66. The Labute approximate surface area is 140 Å². The van der Waals surface area contributed by atoms with E-state index in [-0.39, 0.29) is 48.4 Å². The summed E-state index contributed by atoms with van der Waals surface area (Å²) in [7, 11) is -4.47. The molecule has 0 fully saturated rings. The molecule has 0 heterocycles. The summed E-state index contributed by atoms with van der Waals surface area (Å²) in [5.74, 6) is 0. The van der Waals surface area contributed by atoms with E-state index in [1.807, 2.05) is 0 Å². The van der Waals surface area contributed by atoms with Crippen molar-refractivity contribution in [2.75, 3.05) is 0 Å². The van der Waals surface area contributed by atoms with Gasteiger partial charge in [-0.05, 0) is 13.8 Å². The summed E-state index contributed by atoms with van der Waals surface area (Å²) in [4.78, 5) is 0. The van der Waals surface area contributed by atoms with Crippen LogP contribution in [-0.2, 0) is 14.6 Å². The van der Waals surface area contributed by atoms with Gasteiger partial charge in [-0.2, -0.15) is 0 Å². The first-order valence-corrected chi connectivity index (χ1v) is 6.22. The molecule has 0 rings (SSSR count). The van der Waals surface area contributed by atoms with Crippen LogP contribution in [0.15, 0.2) is 0 Å². The second-order valence-electron chi connectivity index (χ2n) is 3.89. The van der Waals surface area contributed by atoms with Gasteiger partial charge in [0, 0.05) is 0 Å². The minimum atomic E-state index is -4.47. The third-order valence-corrected chi connectivity index (χ3v) is 1.53. The average molecular weight is 269 g/mol. The predicted octanol–water partition coefficient (Wildman–Crippen LogP) is -3.94. The van der Waals surface area contributed by atoms with Crippen molar-refractivity contribution in [3.63, 3.8) is 0 Å². The SMILES string of the molecule is CC(C)OS(=O)(=O)[O-].CC(C)[N-]C(C)C.[Li+].[Na+]. The van der Waals surface area contributed by atoms with Crippen LogP contribution >= 0.6 is 0 Å². The van der Waals surface area contributed by atoms with Crippen molar-refractivity contribution in [1.82, 2.24) is 0 Å². The minimum Gasteiger partial charge on any atom is -0.726 e. The summed E-state index contributed by atoms with van der Waals surface area (Å²) < 4.78 is 32.8. The normalized spacial score (nSPS) is 10.5. The van der Waals surface area contributed by atoms with Crippen LogP contribution in [0.25, 0.3) is 5.32 Å². The summed E-state index contributed by atoms with van der Waals surface area (Å²) in [5, 5.41) is 4.28. The van der Waals surface area contributed by atoms with Gasteiger partial charge in [-0.15, -0.1) is 12.1 Å². The molecule has 0 aliphatic heterocycles. The summed E-state index contributed by atoms with van der Waals surface area (Å²) in [6.07, 6.45) is -0.558. The Morgan fingerprint density at radius 3 is 1.29 bits per heavy atom. The standard InChI is InChI=1S/C6H14N.C3H8O4S.Li.Na/c1-5(2)7-6(3)4;1-3(2)7-8(4,5)6;;/h5-6H,1-4H3;3H,1-2H3,(H,4,5,6);;/q-1;;2*+1/p-1. The summed E-state index contributed by atoms with van der Waals surface area (Å²) in [6.45, 7) is 11.3. The Morgan fingerprint density at radius 1 is 1.00 bits per heavy atom. The fourth-order valence-corrected chi connectivity index (χ4v) is 1.30. The number of hydrogen-bond acceptors (Lipinski definition) is 4. The van der Waals surface area contributed by atoms with E-state index in [1.165, 1.54) is 13.8 Å². The molecule has 0 amide bonds. The smallest absolute Gasteiger partial charge is 0.726 e. The predicted molar refractivity (Wildman–Crippen MR) is 59.5 cm³/mol. The van der Waals surface area contributed by atoms with E-state index < -0.39 is 16.5 Å². The fourth-order valence-electron chi connectivity index (χ4n) is 0.832. The van der Waals surface area contributed by atoms with Crippen LogP contribution in [0, 0.1) is 0 Å². The molecule has 0 N–H and O–H groups in total. The summed E-state index contributed by atoms with van der Waals surface area (Å²) in [5.41, 5.74) is 0. The van der Waals surface area contributed by atoms with Gasteiger partial charge in [0.25, 0.3) is 0 Å². The number of hydrogen-bond donors (Lipinski definition) is 0. The Hall–Kier alpha value is 1.43. The first-order chi connectivity index (χ1) is 6.54. The van der Waals surface area contributed by atoms with Crippen molar-refractivity contribution in [2.24, 2.45) is 0 Å². The Kier molecular flexibility index (Phi) is 21.9. The molecule has 0 bridgehead atoms. The van der Waals surface area contributed by atoms with Gasteiger partial charge in [-0.25, -0.2) is 8.42 Å². The summed E-state index contributed by atoms with van der Waals surface area (Å²) in [6, 6.07) is 1.000. The molecule has 94 valence electrons. The molecule has 0 aliphatic carbocycles. The first kappa shape index (κ1) is 26.9. The zero-order chi connectivity index (χ0) is 12.6. The number of nitrogens with zero attached hydrogens (tertiary/aromatic N) is 1. The van der Waals surface area contributed by atoms with Crippen LogP contribution < -0.4 is 48.4 Å². The molecule has 0 unspecified atom stereocenters. The topological polar surface area (TPSA) is 80.5 Å². The second-order valence-corrected chi connectivity index (χ2v) is 4.90. The van der Waals surface area contributed by atoms with Gasteiger partial charge in [0.05, 0.1) is 6.10 Å². The third kappa shape index (κ3) is 38.1. The fraction of sp³-hybridized carbons (Fsp3) is 1.00. The van der Waals surface area contributed by atoms with Crippen molar-refractivity contribution in [3.8, 4) is 0 Å². The zero-order valence-electron chi connectivity index (χ0n) is 12.2. The van der Waals surface area contributed by atoms with Crippen LogP contribution in [0.2, 0.25) is 0 Å². The van der Waals surface area contributed by atoms with Gasteiger partial charge in [0.1, 0.15) is 0 Å². The molecule has 5 nitrogen and oxygen atoms in total. The molecule has 0 atom stereocenters. The van der Waals surface area contributed by atoms with Crippen molar-refractivity contribution in [2.45, 2.75) is 59.7 Å². The van der Waals surface area contributed by atoms with Crippen LogP contribution in [0.4, 0.5) is 0 Å². The maximum absolute atomic E-state index is 9.66. The Bertz CT molecular complexity index is 239. The molecule has 17 heavy (non-hydrogen) atoms. The van der Waals surface area contributed by atoms with Crippen LogP contribution in [0.5, 0.6) is 0 Å². The molecule has 0 radical (unpaired) electrons. The minimum absolute atomic E-state index is 0. The molecular formula is C9H21LiNNaO4S. The van der Waals surface area contributed by atoms with Gasteiger partial charge in [-0.1, -0.05) is 27.7 Å². The van der Waals surface area contributed by atoms with E-state index in [4.69, 9.17) is 0 Å². The second kappa shape index (κ2) is 13.8. The molecule has 0 aromatic carbocycles. The van der Waals surface area contributed by atoms with Crippen LogP contribution in [-0.4, -0.2) is 31.2 Å². The van der Waals surface area contributed by atoms with E-state index in [0.717, 1.165) is 0 Å². The van der Waals surface area contributed by atoms with E-state index in [1.54, 1.807) is 0 Å². The van der Waals surface area contributed by atoms with Crippen molar-refractivity contribution in [3.05, 3.63) is 5.32 Å². The van der Waals surface area contributed by atoms with Crippen LogP contribution in [0.1, 0.15) is 41.5 Å². The molecule has 0 spiro atoms. The number of rotatable bonds is 4. The molecule has 0 aromatic rings. The zero-order valence-corrected chi connectivity index (χ0v) is 15.0. The largest absolute Gasteiger partial charge is 1.00 e. The van der Waals surface area contributed by atoms with Gasteiger partial charge in [-0.3, -0.25) is 4.18 Å². The molecular weight excluding hydrogens is 248 g/mol. The van der Waals surface area contributed by atoms with E-state index in [9.17, 15) is 13.0 Å². The molecule has 8 heteroatoms. The molecule has 0 saturated heterocycles. The van der Waals surface area contributed by atoms with E-state index in [2.05, 4.69) is 37.2 Å². The quantitative estimate of drug-likeness (QED) is 0.296. The van der Waals surface area contributed by atoms with Gasteiger partial charge in [0.15, 0.2) is 0 Å². The van der Waals surface area contributed by atoms with Crippen LogP contribution in [0.3, 0.4) is 0 Å². The van der Waals surface area contributed by atoms with Crippen molar-refractivity contribution < 1.29 is 65.6 Å². The van der Waals surface area contributed by atoms with Gasteiger partial charge in [0.2, 0.25) is 10.4 Å². The summed E-state index contributed by atoms with van der Waals surface area (Å²) >= 11 is 0. The first-order valence-electron chi connectivity index (χ1n) is 4.88. The van der Waals surface area contributed by atoms with Crippen molar-refractivity contribution in [1.29, 1.82) is 0 Å². The molecule has 0 saturated carbocycles. The maximum Gasteiger partial charge on any atom is 1.00 e. The van der Waals surface area contributed by atoms with Gasteiger partial charge >= 0.3 is 48.4 Å². The monoisotopic (exact) mass is 269 g/mol. The average Bonchev–Trinajstić information content (AvgIpc) is 1.76. The third-order valence-electron chi connectivity index (χ3n) is 0.907. The molecule has 0 aromatic heterocycles. The van der Waals surface area contributed by atoms with Gasteiger partial charge < -0.3 is 9.87 Å². The van der Waals surface area contributed by atoms with E-state index in [0.29, 0.717) is 12.1 Å². The van der Waals surface area contributed by atoms with Crippen molar-refractivity contribution >= 4 is 10.4 Å². The molecule has 0 aliphatic rings.